The molecule has 0 amide bonds. The van der Waals surface area contributed by atoms with Crippen LogP contribution in [0, 0.1) is 13.8 Å². The molecular formula is C26H25N5O2S. The summed E-state index contributed by atoms with van der Waals surface area (Å²) in [4.78, 5) is 23.8. The molecule has 8 heteroatoms. The molecule has 7 nitrogen and oxygen atoms in total. The fourth-order valence-electron chi connectivity index (χ4n) is 4.09. The van der Waals surface area contributed by atoms with Crippen LogP contribution in [-0.4, -0.2) is 30.5 Å². The number of rotatable bonds is 7. The number of H-pyrrole nitrogens is 1. The van der Waals surface area contributed by atoms with E-state index in [0.29, 0.717) is 25.0 Å². The zero-order chi connectivity index (χ0) is 23.7. The van der Waals surface area contributed by atoms with Gasteiger partial charge in [-0.25, -0.2) is 4.98 Å². The van der Waals surface area contributed by atoms with Crippen molar-refractivity contribution >= 4 is 22.7 Å². The van der Waals surface area contributed by atoms with Gasteiger partial charge in [-0.15, -0.1) is 0 Å². The monoisotopic (exact) mass is 471 g/mol. The van der Waals surface area contributed by atoms with Crippen molar-refractivity contribution in [2.75, 3.05) is 6.61 Å². The van der Waals surface area contributed by atoms with E-state index in [-0.39, 0.29) is 4.87 Å². The zero-order valence-electron chi connectivity index (χ0n) is 19.3. The maximum absolute atomic E-state index is 11.6. The van der Waals surface area contributed by atoms with E-state index in [1.54, 1.807) is 0 Å². The van der Waals surface area contributed by atoms with Crippen LogP contribution in [0.5, 0.6) is 6.01 Å². The van der Waals surface area contributed by atoms with E-state index in [4.69, 9.17) is 14.7 Å². The highest BCUT2D eigenvalue weighted by Gasteiger charge is 2.16. The van der Waals surface area contributed by atoms with Crippen molar-refractivity contribution in [1.82, 2.24) is 23.9 Å². The summed E-state index contributed by atoms with van der Waals surface area (Å²) in [6.07, 6.45) is 0.910. The molecule has 0 fully saturated rings. The van der Waals surface area contributed by atoms with Gasteiger partial charge in [0.25, 0.3) is 6.01 Å². The Hall–Kier alpha value is -3.78. The van der Waals surface area contributed by atoms with Crippen molar-refractivity contribution < 1.29 is 4.74 Å². The second kappa shape index (κ2) is 9.23. The van der Waals surface area contributed by atoms with Gasteiger partial charge in [0.2, 0.25) is 0 Å². The van der Waals surface area contributed by atoms with Gasteiger partial charge in [-0.05, 0) is 48.6 Å². The number of benzene rings is 2. The predicted octanol–water partition coefficient (Wildman–Crippen LogP) is 5.36. The maximum Gasteiger partial charge on any atom is 0.323 e. The van der Waals surface area contributed by atoms with Gasteiger partial charge in [0.1, 0.15) is 5.52 Å². The largest absolute Gasteiger partial charge is 0.465 e. The van der Waals surface area contributed by atoms with Crippen LogP contribution < -0.4 is 9.61 Å². The molecule has 1 N–H and O–H groups in total. The van der Waals surface area contributed by atoms with Crippen molar-refractivity contribution in [3.63, 3.8) is 0 Å². The Labute approximate surface area is 201 Å². The van der Waals surface area contributed by atoms with Crippen molar-refractivity contribution in [3.05, 3.63) is 81.1 Å². The molecule has 0 radical (unpaired) electrons. The van der Waals surface area contributed by atoms with E-state index >= 15 is 0 Å². The van der Waals surface area contributed by atoms with Crippen LogP contribution in [0.1, 0.15) is 30.2 Å². The molecule has 0 saturated heterocycles. The molecule has 5 aromatic rings. The first-order chi connectivity index (χ1) is 16.5. The van der Waals surface area contributed by atoms with Gasteiger partial charge >= 0.3 is 4.87 Å². The van der Waals surface area contributed by atoms with Gasteiger partial charge < -0.3 is 4.74 Å². The van der Waals surface area contributed by atoms with Crippen LogP contribution >= 0.6 is 11.5 Å². The first kappa shape index (κ1) is 22.0. The van der Waals surface area contributed by atoms with Crippen molar-refractivity contribution in [3.8, 4) is 28.5 Å². The minimum Gasteiger partial charge on any atom is -0.465 e. The lowest BCUT2D eigenvalue weighted by molar-refractivity contribution is 0.282. The smallest absolute Gasteiger partial charge is 0.323 e. The number of hydrogen-bond acceptors (Lipinski definition) is 6. The highest BCUT2D eigenvalue weighted by atomic mass is 32.1. The highest BCUT2D eigenvalue weighted by molar-refractivity contribution is 7.03. The molecule has 2 aromatic carbocycles. The third kappa shape index (κ3) is 4.24. The van der Waals surface area contributed by atoms with E-state index in [1.807, 2.05) is 41.8 Å². The van der Waals surface area contributed by atoms with Gasteiger partial charge in [0, 0.05) is 22.8 Å². The number of nitrogens with zero attached hydrogens (tertiary/aromatic N) is 4. The summed E-state index contributed by atoms with van der Waals surface area (Å²) in [5.41, 5.74) is 7.85. The summed E-state index contributed by atoms with van der Waals surface area (Å²) in [7, 11) is 0. The summed E-state index contributed by atoms with van der Waals surface area (Å²) in [5, 5.41) is 0. The second-order valence-electron chi connectivity index (χ2n) is 8.27. The average molecular weight is 472 g/mol. The lowest BCUT2D eigenvalue weighted by atomic mass is 9.98. The lowest BCUT2D eigenvalue weighted by Gasteiger charge is -2.11. The number of hydrogen-bond donors (Lipinski definition) is 1. The topological polar surface area (TPSA) is 85.7 Å². The quantitative estimate of drug-likeness (QED) is 0.345. The van der Waals surface area contributed by atoms with E-state index in [9.17, 15) is 4.79 Å². The van der Waals surface area contributed by atoms with Crippen LogP contribution in [0.3, 0.4) is 0 Å². The molecule has 0 bridgehead atoms. The Morgan fingerprint density at radius 2 is 1.79 bits per heavy atom. The Kier molecular flexibility index (Phi) is 5.98. The summed E-state index contributed by atoms with van der Waals surface area (Å²) in [5.74, 6) is 0.592. The number of aryl methyl sites for hydroxylation is 2. The van der Waals surface area contributed by atoms with Crippen LogP contribution in [0.25, 0.3) is 33.7 Å². The number of pyridine rings is 1. The molecule has 0 aliphatic carbocycles. The van der Waals surface area contributed by atoms with Crippen LogP contribution in [0.4, 0.5) is 0 Å². The number of imidazole rings is 1. The molecule has 5 rings (SSSR count). The predicted molar refractivity (Wildman–Crippen MR) is 135 cm³/mol. The third-order valence-electron chi connectivity index (χ3n) is 5.65. The minimum atomic E-state index is -0.159. The van der Waals surface area contributed by atoms with Crippen molar-refractivity contribution in [2.45, 2.75) is 33.7 Å². The summed E-state index contributed by atoms with van der Waals surface area (Å²) in [6, 6.07) is 19.0. The normalized spacial score (nSPS) is 11.3. The van der Waals surface area contributed by atoms with E-state index in [2.05, 4.69) is 47.5 Å². The maximum atomic E-state index is 11.6. The minimum absolute atomic E-state index is 0.159. The molecule has 3 heterocycles. The van der Waals surface area contributed by atoms with E-state index in [0.717, 1.165) is 62.6 Å². The van der Waals surface area contributed by atoms with Crippen LogP contribution in [0.15, 0.2) is 59.4 Å². The molecular weight excluding hydrogens is 446 g/mol. The first-order valence-electron chi connectivity index (χ1n) is 11.3. The highest BCUT2D eigenvalue weighted by Crippen LogP contribution is 2.31. The van der Waals surface area contributed by atoms with Crippen molar-refractivity contribution in [2.24, 2.45) is 0 Å². The molecule has 0 unspecified atom stereocenters. The Morgan fingerprint density at radius 3 is 2.50 bits per heavy atom. The van der Waals surface area contributed by atoms with Crippen LogP contribution in [-0.2, 0) is 6.54 Å². The van der Waals surface area contributed by atoms with Gasteiger partial charge in [0.15, 0.2) is 11.5 Å². The summed E-state index contributed by atoms with van der Waals surface area (Å²) < 4.78 is 12.3. The number of aromatic amines is 1. The van der Waals surface area contributed by atoms with Gasteiger partial charge in [-0.1, -0.05) is 55.5 Å². The molecule has 3 aromatic heterocycles. The van der Waals surface area contributed by atoms with Crippen molar-refractivity contribution in [1.29, 1.82) is 0 Å². The zero-order valence-corrected chi connectivity index (χ0v) is 20.1. The van der Waals surface area contributed by atoms with Crippen LogP contribution in [0.2, 0.25) is 0 Å². The average Bonchev–Trinajstić information content (AvgIpc) is 3.42. The molecule has 0 aliphatic rings. The first-order valence-corrected chi connectivity index (χ1v) is 12.0. The Balaban J connectivity index is 1.50. The fourth-order valence-corrected chi connectivity index (χ4v) is 4.55. The lowest BCUT2D eigenvalue weighted by Crippen LogP contribution is -2.07. The molecule has 0 spiro atoms. The number of nitrogens with one attached hydrogen (secondary N) is 1. The molecule has 0 saturated carbocycles. The van der Waals surface area contributed by atoms with Gasteiger partial charge in [-0.3, -0.25) is 14.3 Å². The van der Waals surface area contributed by atoms with E-state index in [1.165, 1.54) is 0 Å². The Morgan fingerprint density at radius 1 is 1.03 bits per heavy atom. The summed E-state index contributed by atoms with van der Waals surface area (Å²) in [6.45, 7) is 7.35. The Bertz CT molecular complexity index is 1510. The van der Waals surface area contributed by atoms with Gasteiger partial charge in [-0.2, -0.15) is 9.36 Å². The number of fused-ring (bicyclic) bond motifs is 1. The molecule has 172 valence electrons. The molecule has 34 heavy (non-hydrogen) atoms. The SMILES string of the molecule is CCCOc1nc2c(C)cc(C)nc2n1Cc1ccc(-c2ccccc2-c2nsc(=O)[nH]2)cc1. The molecule has 0 aliphatic heterocycles. The summed E-state index contributed by atoms with van der Waals surface area (Å²) >= 11 is 0.930. The standard InChI is InChI=1S/C26H25N5O2S/c1-4-13-33-25-28-22-16(2)14-17(3)27-24(22)31(25)15-18-9-11-19(12-10-18)20-7-5-6-8-21(20)23-29-26(32)34-30-23/h5-12,14H,4,13,15H2,1-3H3,(H,29,30,32). The second-order valence-corrected chi connectivity index (χ2v) is 9.00. The number of aromatic nitrogens is 5. The number of ether oxygens (including phenoxy) is 1. The van der Waals surface area contributed by atoms with E-state index < -0.39 is 0 Å². The fraction of sp³-hybridized carbons (Fsp3) is 0.231. The van der Waals surface area contributed by atoms with Gasteiger partial charge in [0.05, 0.1) is 13.2 Å². The molecule has 0 atom stereocenters. The third-order valence-corrected chi connectivity index (χ3v) is 6.19.